The number of hydrogen-bond acceptors (Lipinski definition) is 4. The van der Waals surface area contributed by atoms with Gasteiger partial charge in [0.05, 0.1) is 19.8 Å². The van der Waals surface area contributed by atoms with Crippen LogP contribution in [0.1, 0.15) is 66.8 Å². The summed E-state index contributed by atoms with van der Waals surface area (Å²) in [6.45, 7) is 1.97. The lowest BCUT2D eigenvalue weighted by atomic mass is 9.92. The first kappa shape index (κ1) is 25.0. The number of hydrogen-bond donors (Lipinski definition) is 1. The van der Waals surface area contributed by atoms with Crippen molar-refractivity contribution in [2.75, 3.05) is 14.2 Å². The van der Waals surface area contributed by atoms with Crippen LogP contribution in [0.15, 0.2) is 36.4 Å². The number of benzene rings is 2. The maximum Gasteiger partial charge on any atom is 0.416 e. The second-order valence-corrected chi connectivity index (χ2v) is 8.48. The van der Waals surface area contributed by atoms with Crippen molar-refractivity contribution in [3.63, 3.8) is 0 Å². The maximum absolute atomic E-state index is 13.7. The number of methoxy groups -OCH3 is 2. The van der Waals surface area contributed by atoms with Gasteiger partial charge in [0.1, 0.15) is 0 Å². The quantitative estimate of drug-likeness (QED) is 0.385. The summed E-state index contributed by atoms with van der Waals surface area (Å²) >= 11 is 0. The maximum atomic E-state index is 13.7. The molecule has 0 amide bonds. The van der Waals surface area contributed by atoms with E-state index in [0.717, 1.165) is 18.4 Å². The Kier molecular flexibility index (Phi) is 8.00. The van der Waals surface area contributed by atoms with Crippen molar-refractivity contribution in [3.05, 3.63) is 64.5 Å². The van der Waals surface area contributed by atoms with Crippen LogP contribution in [-0.4, -0.2) is 26.2 Å². The number of carbonyl (C=O) groups excluding carboxylic acids is 1. The Morgan fingerprint density at radius 1 is 1.15 bits per heavy atom. The summed E-state index contributed by atoms with van der Waals surface area (Å²) in [5.74, 6) is -0.777. The Balaban J connectivity index is 1.69. The second kappa shape index (κ2) is 10.5. The molecule has 0 aromatic heterocycles. The lowest BCUT2D eigenvalue weighted by Crippen LogP contribution is -2.29. The molecule has 0 bridgehead atoms. The van der Waals surface area contributed by atoms with Crippen LogP contribution in [0.4, 0.5) is 17.6 Å². The first-order valence-electron chi connectivity index (χ1n) is 11.0. The molecule has 0 aliphatic heterocycles. The van der Waals surface area contributed by atoms with Gasteiger partial charge in [-0.1, -0.05) is 18.2 Å². The number of aryl methyl sites for hydroxylation is 1. The number of alkyl halides is 3. The largest absolute Gasteiger partial charge is 0.494 e. The van der Waals surface area contributed by atoms with Crippen LogP contribution in [-0.2, 0) is 22.1 Å². The topological polar surface area (TPSA) is 47.6 Å². The number of rotatable bonds is 8. The summed E-state index contributed by atoms with van der Waals surface area (Å²) in [6.07, 6.45) is -2.29. The molecule has 2 aromatic carbocycles. The van der Waals surface area contributed by atoms with Gasteiger partial charge in [-0.15, -0.1) is 0 Å². The Hall–Kier alpha value is -2.61. The van der Waals surface area contributed by atoms with Gasteiger partial charge >= 0.3 is 12.1 Å². The van der Waals surface area contributed by atoms with Crippen molar-refractivity contribution < 1.29 is 31.8 Å². The summed E-state index contributed by atoms with van der Waals surface area (Å²) in [7, 11) is 2.63. The lowest BCUT2D eigenvalue weighted by molar-refractivity contribution is -0.142. The number of esters is 1. The third-order valence-corrected chi connectivity index (χ3v) is 6.33. The Bertz CT molecular complexity index is 977. The van der Waals surface area contributed by atoms with Gasteiger partial charge in [0.2, 0.25) is 0 Å². The first-order chi connectivity index (χ1) is 15.6. The Morgan fingerprint density at radius 2 is 1.91 bits per heavy atom. The number of nitrogens with one attached hydrogen (secondary N) is 1. The van der Waals surface area contributed by atoms with Crippen molar-refractivity contribution in [1.82, 2.24) is 5.32 Å². The van der Waals surface area contributed by atoms with Gasteiger partial charge in [-0.25, -0.2) is 4.39 Å². The van der Waals surface area contributed by atoms with Crippen molar-refractivity contribution >= 4 is 5.97 Å². The van der Waals surface area contributed by atoms with Gasteiger partial charge in [0, 0.05) is 18.5 Å². The van der Waals surface area contributed by atoms with E-state index >= 15 is 0 Å². The van der Waals surface area contributed by atoms with Crippen LogP contribution in [0.5, 0.6) is 5.75 Å². The molecule has 180 valence electrons. The molecule has 8 heteroatoms. The highest BCUT2D eigenvalue weighted by Gasteiger charge is 2.35. The molecule has 1 saturated carbocycles. The molecular formula is C25H29F4NO3. The van der Waals surface area contributed by atoms with Crippen molar-refractivity contribution in [3.8, 4) is 5.75 Å². The van der Waals surface area contributed by atoms with Crippen LogP contribution >= 0.6 is 0 Å². The lowest BCUT2D eigenvalue weighted by Gasteiger charge is -2.21. The smallest absolute Gasteiger partial charge is 0.416 e. The number of halogens is 4. The van der Waals surface area contributed by atoms with Crippen LogP contribution < -0.4 is 10.1 Å². The average molecular weight is 468 g/mol. The Morgan fingerprint density at radius 3 is 2.58 bits per heavy atom. The Labute approximate surface area is 191 Å². The van der Waals surface area contributed by atoms with E-state index < -0.39 is 23.5 Å². The van der Waals surface area contributed by atoms with Crippen LogP contribution in [0.3, 0.4) is 0 Å². The minimum atomic E-state index is -4.49. The van der Waals surface area contributed by atoms with Crippen LogP contribution in [0.2, 0.25) is 0 Å². The van der Waals surface area contributed by atoms with E-state index in [0.29, 0.717) is 12.0 Å². The molecule has 1 unspecified atom stereocenters. The highest BCUT2D eigenvalue weighted by atomic mass is 19.4. The standard InChI is InChI=1S/C25H29F4NO3/c1-15(17-7-10-22(26)23(14-17)32-2)30-20-9-6-18(12-20)19-5-4-16(8-11-24(31)33-3)21(13-19)25(27,28)29/h4-5,7,10,13-15,18,20,30H,6,8-9,11-12H2,1-3H3/t15-,18?,20-/m0/s1. The van der Waals surface area contributed by atoms with Gasteiger partial charge in [-0.05, 0) is 73.4 Å². The van der Waals surface area contributed by atoms with Crippen molar-refractivity contribution in [2.45, 2.75) is 63.2 Å². The number of carbonyl (C=O) groups is 1. The minimum absolute atomic E-state index is 0.00760. The van der Waals surface area contributed by atoms with Gasteiger partial charge in [-0.2, -0.15) is 13.2 Å². The zero-order valence-electron chi connectivity index (χ0n) is 19.0. The molecule has 33 heavy (non-hydrogen) atoms. The summed E-state index contributed by atoms with van der Waals surface area (Å²) in [6, 6.07) is 9.24. The molecule has 3 atom stereocenters. The highest BCUT2D eigenvalue weighted by Crippen LogP contribution is 2.40. The molecule has 2 aromatic rings. The minimum Gasteiger partial charge on any atom is -0.494 e. The molecule has 3 rings (SSSR count). The molecule has 0 spiro atoms. The van der Waals surface area contributed by atoms with E-state index in [1.807, 2.05) is 6.92 Å². The van der Waals surface area contributed by atoms with E-state index in [1.165, 1.54) is 32.4 Å². The predicted octanol–water partition coefficient (Wildman–Crippen LogP) is 5.95. The molecule has 0 heterocycles. The zero-order chi connectivity index (χ0) is 24.2. The SMILES string of the molecule is COC(=O)CCc1ccc(C2CC[C@H](N[C@@H](C)c3ccc(F)c(OC)c3)C2)cc1C(F)(F)F. The van der Waals surface area contributed by atoms with Crippen molar-refractivity contribution in [1.29, 1.82) is 0 Å². The fraction of sp³-hybridized carbons (Fsp3) is 0.480. The first-order valence-corrected chi connectivity index (χ1v) is 11.0. The molecule has 1 N–H and O–H groups in total. The van der Waals surface area contributed by atoms with E-state index in [9.17, 15) is 22.4 Å². The molecule has 0 radical (unpaired) electrons. The summed E-state index contributed by atoms with van der Waals surface area (Å²) in [5.41, 5.74) is 0.950. The van der Waals surface area contributed by atoms with E-state index in [-0.39, 0.29) is 42.2 Å². The van der Waals surface area contributed by atoms with Gasteiger partial charge in [-0.3, -0.25) is 4.79 Å². The summed E-state index contributed by atoms with van der Waals surface area (Å²) in [4.78, 5) is 11.4. The zero-order valence-corrected chi connectivity index (χ0v) is 19.0. The van der Waals surface area contributed by atoms with Gasteiger partial charge in [0.15, 0.2) is 11.6 Å². The fourth-order valence-corrected chi connectivity index (χ4v) is 4.50. The third kappa shape index (κ3) is 6.25. The normalized spacial score (nSPS) is 19.4. The highest BCUT2D eigenvalue weighted by molar-refractivity contribution is 5.69. The van der Waals surface area contributed by atoms with E-state index in [1.54, 1.807) is 18.2 Å². The predicted molar refractivity (Wildman–Crippen MR) is 117 cm³/mol. The van der Waals surface area contributed by atoms with Gasteiger partial charge in [0.25, 0.3) is 0 Å². The second-order valence-electron chi connectivity index (χ2n) is 8.48. The molecule has 4 nitrogen and oxygen atoms in total. The molecule has 0 saturated heterocycles. The number of ether oxygens (including phenoxy) is 2. The molecular weight excluding hydrogens is 438 g/mol. The van der Waals surface area contributed by atoms with Crippen molar-refractivity contribution in [2.24, 2.45) is 0 Å². The molecule has 1 aliphatic carbocycles. The van der Waals surface area contributed by atoms with E-state index in [2.05, 4.69) is 10.1 Å². The fourth-order valence-electron chi connectivity index (χ4n) is 4.50. The van der Waals surface area contributed by atoms with E-state index in [4.69, 9.17) is 4.74 Å². The molecule has 1 aliphatic rings. The average Bonchev–Trinajstić information content (AvgIpc) is 3.25. The summed E-state index contributed by atoms with van der Waals surface area (Å²) in [5, 5.41) is 3.51. The molecule has 1 fully saturated rings. The van der Waals surface area contributed by atoms with Crippen LogP contribution in [0, 0.1) is 5.82 Å². The third-order valence-electron chi connectivity index (χ3n) is 6.33. The van der Waals surface area contributed by atoms with Gasteiger partial charge < -0.3 is 14.8 Å². The van der Waals surface area contributed by atoms with Crippen LogP contribution in [0.25, 0.3) is 0 Å². The monoisotopic (exact) mass is 467 g/mol. The summed E-state index contributed by atoms with van der Waals surface area (Å²) < 4.78 is 64.3.